The lowest BCUT2D eigenvalue weighted by atomic mass is 9.96. The molecule has 8 heteroatoms. The second-order valence-corrected chi connectivity index (χ2v) is 7.95. The molecule has 0 radical (unpaired) electrons. The van der Waals surface area contributed by atoms with Crippen molar-refractivity contribution in [3.8, 4) is 0 Å². The molecule has 2 heterocycles. The van der Waals surface area contributed by atoms with E-state index in [9.17, 15) is 8.42 Å². The predicted octanol–water partition coefficient (Wildman–Crippen LogP) is 0.143. The first-order chi connectivity index (χ1) is 10.4. The summed E-state index contributed by atoms with van der Waals surface area (Å²) < 4.78 is 30.3. The number of guanidine groups is 1. The Kier molecular flexibility index (Phi) is 6.05. The van der Waals surface area contributed by atoms with Crippen LogP contribution in [0.3, 0.4) is 0 Å². The predicted molar refractivity (Wildman–Crippen MR) is 87.5 cm³/mol. The molecule has 0 spiro atoms. The normalized spacial score (nSPS) is 28.4. The van der Waals surface area contributed by atoms with Gasteiger partial charge in [-0.3, -0.25) is 4.99 Å². The fourth-order valence-corrected chi connectivity index (χ4v) is 4.11. The molecular weight excluding hydrogens is 304 g/mol. The van der Waals surface area contributed by atoms with Crippen LogP contribution in [0.5, 0.6) is 0 Å². The van der Waals surface area contributed by atoms with Gasteiger partial charge in [0.15, 0.2) is 5.96 Å². The van der Waals surface area contributed by atoms with Crippen LogP contribution in [0.4, 0.5) is 0 Å². The Morgan fingerprint density at radius 2 is 2.18 bits per heavy atom. The molecule has 0 saturated carbocycles. The van der Waals surface area contributed by atoms with E-state index in [4.69, 9.17) is 4.74 Å². The third-order valence-electron chi connectivity index (χ3n) is 4.35. The molecule has 2 saturated heterocycles. The summed E-state index contributed by atoms with van der Waals surface area (Å²) in [6, 6.07) is 0.341. The van der Waals surface area contributed by atoms with Gasteiger partial charge in [0.05, 0.1) is 24.5 Å². The number of hydrogen-bond acceptors (Lipinski definition) is 4. The molecule has 2 N–H and O–H groups in total. The highest BCUT2D eigenvalue weighted by molar-refractivity contribution is 7.88. The van der Waals surface area contributed by atoms with Crippen molar-refractivity contribution in [3.05, 3.63) is 0 Å². The number of nitrogens with zero attached hydrogens (tertiary/aromatic N) is 2. The molecule has 2 bridgehead atoms. The van der Waals surface area contributed by atoms with Crippen LogP contribution in [0.15, 0.2) is 4.99 Å². The zero-order chi connectivity index (χ0) is 16.2. The first-order valence-electron chi connectivity index (χ1n) is 8.01. The van der Waals surface area contributed by atoms with Crippen molar-refractivity contribution in [1.82, 2.24) is 14.9 Å². The van der Waals surface area contributed by atoms with E-state index in [-0.39, 0.29) is 0 Å². The second kappa shape index (κ2) is 7.61. The summed E-state index contributed by atoms with van der Waals surface area (Å²) in [5.41, 5.74) is 0. The zero-order valence-corrected chi connectivity index (χ0v) is 14.5. The molecule has 2 aliphatic rings. The topological polar surface area (TPSA) is 83.0 Å². The number of sulfonamides is 1. The van der Waals surface area contributed by atoms with E-state index < -0.39 is 10.0 Å². The SMILES string of the molecule is CCN(CCCNC(=NC)NC1CC2CCC1O2)S(C)(=O)=O. The molecule has 0 aromatic rings. The Balaban J connectivity index is 1.69. The molecule has 128 valence electrons. The zero-order valence-electron chi connectivity index (χ0n) is 13.7. The van der Waals surface area contributed by atoms with Crippen molar-refractivity contribution in [2.75, 3.05) is 32.9 Å². The van der Waals surface area contributed by atoms with Gasteiger partial charge in [-0.15, -0.1) is 0 Å². The lowest BCUT2D eigenvalue weighted by molar-refractivity contribution is 0.0992. The molecule has 2 fully saturated rings. The molecule has 22 heavy (non-hydrogen) atoms. The summed E-state index contributed by atoms with van der Waals surface area (Å²) in [6.45, 7) is 3.57. The molecule has 0 amide bonds. The average molecular weight is 332 g/mol. The number of hydrogen-bond donors (Lipinski definition) is 2. The van der Waals surface area contributed by atoms with Gasteiger partial charge in [-0.2, -0.15) is 0 Å². The van der Waals surface area contributed by atoms with Crippen LogP contribution in [-0.2, 0) is 14.8 Å². The van der Waals surface area contributed by atoms with Crippen LogP contribution in [0, 0.1) is 0 Å². The van der Waals surface area contributed by atoms with Gasteiger partial charge < -0.3 is 15.4 Å². The third kappa shape index (κ3) is 4.57. The summed E-state index contributed by atoms with van der Waals surface area (Å²) in [5, 5.41) is 6.66. The van der Waals surface area contributed by atoms with E-state index in [1.165, 1.54) is 17.0 Å². The standard InChI is InChI=1S/C14H28N4O3S/c1-4-18(22(3,19)20)9-5-8-16-14(15-2)17-12-10-11-6-7-13(12)21-11/h11-13H,4-10H2,1-3H3,(H2,15,16,17). The summed E-state index contributed by atoms with van der Waals surface area (Å²) in [5.74, 6) is 0.767. The quantitative estimate of drug-likeness (QED) is 0.394. The van der Waals surface area contributed by atoms with Crippen LogP contribution < -0.4 is 10.6 Å². The largest absolute Gasteiger partial charge is 0.373 e. The highest BCUT2D eigenvalue weighted by Gasteiger charge is 2.41. The minimum atomic E-state index is -3.10. The number of ether oxygens (including phenoxy) is 1. The third-order valence-corrected chi connectivity index (χ3v) is 5.73. The van der Waals surface area contributed by atoms with Gasteiger partial charge in [0.2, 0.25) is 10.0 Å². The molecule has 3 unspecified atom stereocenters. The Bertz CT molecular complexity index is 494. The highest BCUT2D eigenvalue weighted by atomic mass is 32.2. The Labute approximate surface area is 133 Å². The first-order valence-corrected chi connectivity index (χ1v) is 9.86. The molecule has 2 aliphatic heterocycles. The number of nitrogens with one attached hydrogen (secondary N) is 2. The lowest BCUT2D eigenvalue weighted by Gasteiger charge is -2.23. The maximum Gasteiger partial charge on any atom is 0.211 e. The average Bonchev–Trinajstić information content (AvgIpc) is 3.07. The van der Waals surface area contributed by atoms with Crippen molar-refractivity contribution in [1.29, 1.82) is 0 Å². The molecular formula is C14H28N4O3S. The minimum absolute atomic E-state index is 0.310. The second-order valence-electron chi connectivity index (χ2n) is 5.97. The monoisotopic (exact) mass is 332 g/mol. The molecule has 0 aromatic carbocycles. The van der Waals surface area contributed by atoms with Gasteiger partial charge in [0.25, 0.3) is 0 Å². The summed E-state index contributed by atoms with van der Waals surface area (Å²) in [4.78, 5) is 4.23. The van der Waals surface area contributed by atoms with E-state index in [2.05, 4.69) is 15.6 Å². The van der Waals surface area contributed by atoms with Crippen molar-refractivity contribution >= 4 is 16.0 Å². The van der Waals surface area contributed by atoms with Crippen LogP contribution in [0.2, 0.25) is 0 Å². The van der Waals surface area contributed by atoms with Crippen molar-refractivity contribution in [2.45, 2.75) is 50.9 Å². The minimum Gasteiger partial charge on any atom is -0.373 e. The maximum atomic E-state index is 11.5. The summed E-state index contributed by atoms with van der Waals surface area (Å²) in [6.07, 6.45) is 6.06. The van der Waals surface area contributed by atoms with Crippen molar-refractivity contribution in [2.24, 2.45) is 4.99 Å². The van der Waals surface area contributed by atoms with E-state index >= 15 is 0 Å². The van der Waals surface area contributed by atoms with E-state index in [1.54, 1.807) is 7.05 Å². The molecule has 0 aliphatic carbocycles. The Morgan fingerprint density at radius 3 is 2.68 bits per heavy atom. The van der Waals surface area contributed by atoms with Crippen LogP contribution in [0.25, 0.3) is 0 Å². The van der Waals surface area contributed by atoms with E-state index in [1.807, 2.05) is 6.92 Å². The number of aliphatic imine (C=N–C) groups is 1. The smallest absolute Gasteiger partial charge is 0.211 e. The summed E-state index contributed by atoms with van der Waals surface area (Å²) >= 11 is 0. The molecule has 2 rings (SSSR count). The van der Waals surface area contributed by atoms with Crippen molar-refractivity contribution < 1.29 is 13.2 Å². The van der Waals surface area contributed by atoms with Gasteiger partial charge in [-0.05, 0) is 25.7 Å². The van der Waals surface area contributed by atoms with Gasteiger partial charge in [0.1, 0.15) is 0 Å². The number of fused-ring (bicyclic) bond motifs is 2. The Hall–Kier alpha value is -0.860. The Morgan fingerprint density at radius 1 is 1.41 bits per heavy atom. The fraction of sp³-hybridized carbons (Fsp3) is 0.929. The van der Waals surface area contributed by atoms with Crippen molar-refractivity contribution in [3.63, 3.8) is 0 Å². The van der Waals surface area contributed by atoms with Crippen LogP contribution >= 0.6 is 0 Å². The summed E-state index contributed by atoms with van der Waals surface area (Å²) in [7, 11) is -1.35. The van der Waals surface area contributed by atoms with E-state index in [0.717, 1.165) is 25.2 Å². The maximum absolute atomic E-state index is 11.5. The first kappa shape index (κ1) is 17.5. The van der Waals surface area contributed by atoms with Gasteiger partial charge in [-0.25, -0.2) is 12.7 Å². The highest BCUT2D eigenvalue weighted by Crippen LogP contribution is 2.34. The molecule has 3 atom stereocenters. The fourth-order valence-electron chi connectivity index (χ4n) is 3.18. The lowest BCUT2D eigenvalue weighted by Crippen LogP contribution is -2.47. The number of rotatable bonds is 7. The van der Waals surface area contributed by atoms with Gasteiger partial charge >= 0.3 is 0 Å². The van der Waals surface area contributed by atoms with Gasteiger partial charge in [-0.1, -0.05) is 6.92 Å². The molecule has 7 nitrogen and oxygen atoms in total. The molecule has 0 aromatic heterocycles. The van der Waals surface area contributed by atoms with E-state index in [0.29, 0.717) is 37.9 Å². The van der Waals surface area contributed by atoms with Crippen LogP contribution in [0.1, 0.15) is 32.6 Å². The van der Waals surface area contributed by atoms with Crippen LogP contribution in [-0.4, -0.2) is 69.9 Å². The van der Waals surface area contributed by atoms with Gasteiger partial charge in [0, 0.05) is 26.7 Å².